The second-order valence-electron chi connectivity index (χ2n) is 15.2. The van der Waals surface area contributed by atoms with Crippen LogP contribution in [0, 0.1) is 0 Å². The van der Waals surface area contributed by atoms with Gasteiger partial charge in [0.15, 0.2) is 0 Å². The number of hydrogen-bond donors (Lipinski definition) is 0. The molecule has 0 fully saturated rings. The van der Waals surface area contributed by atoms with Crippen LogP contribution in [0.2, 0.25) is 0 Å². The summed E-state index contributed by atoms with van der Waals surface area (Å²) >= 11 is 0. The molecule has 0 bridgehead atoms. The molecular formula is C55H34. The molecule has 1 aliphatic carbocycles. The average Bonchev–Trinajstić information content (AvgIpc) is 3.57. The van der Waals surface area contributed by atoms with Crippen molar-refractivity contribution in [3.05, 3.63) is 229 Å². The van der Waals surface area contributed by atoms with Gasteiger partial charge in [0.05, 0.1) is 5.41 Å². The number of fused-ring (bicyclic) bond motifs is 6. The van der Waals surface area contributed by atoms with Crippen LogP contribution < -0.4 is 0 Å². The van der Waals surface area contributed by atoms with Gasteiger partial charge in [0.2, 0.25) is 0 Å². The van der Waals surface area contributed by atoms with Crippen LogP contribution in [-0.2, 0) is 5.41 Å². The Bertz CT molecular complexity index is 3190. The smallest absolute Gasteiger partial charge is 0.0622 e. The minimum Gasteiger partial charge on any atom is -0.0622 e. The Labute approximate surface area is 319 Å². The molecular weight excluding hydrogens is 661 g/mol. The fourth-order valence-electron chi connectivity index (χ4n) is 10.1. The highest BCUT2D eigenvalue weighted by Crippen LogP contribution is 2.61. The molecule has 0 aromatic heterocycles. The molecule has 254 valence electrons. The fourth-order valence-corrected chi connectivity index (χ4v) is 10.1. The zero-order valence-electron chi connectivity index (χ0n) is 30.1. The van der Waals surface area contributed by atoms with Crippen LogP contribution in [0.5, 0.6) is 0 Å². The van der Waals surface area contributed by atoms with Gasteiger partial charge in [0, 0.05) is 0 Å². The Kier molecular flexibility index (Phi) is 6.36. The monoisotopic (exact) mass is 694 g/mol. The third-order valence-corrected chi connectivity index (χ3v) is 12.4. The topological polar surface area (TPSA) is 0 Å². The van der Waals surface area contributed by atoms with E-state index < -0.39 is 5.41 Å². The lowest BCUT2D eigenvalue weighted by atomic mass is 9.66. The van der Waals surface area contributed by atoms with E-state index >= 15 is 0 Å². The summed E-state index contributed by atoms with van der Waals surface area (Å²) in [6, 6.07) is 77.4. The normalized spacial score (nSPS) is 13.2. The summed E-state index contributed by atoms with van der Waals surface area (Å²) in [6.45, 7) is 0. The van der Waals surface area contributed by atoms with E-state index in [4.69, 9.17) is 0 Å². The van der Waals surface area contributed by atoms with Gasteiger partial charge in [-0.15, -0.1) is 0 Å². The third-order valence-electron chi connectivity index (χ3n) is 12.4. The largest absolute Gasteiger partial charge is 0.0720 e. The Hall–Kier alpha value is -7.02. The Balaban J connectivity index is 1.22. The lowest BCUT2D eigenvalue weighted by Gasteiger charge is -2.35. The summed E-state index contributed by atoms with van der Waals surface area (Å²) in [5, 5.41) is 12.9. The minimum atomic E-state index is -0.570. The van der Waals surface area contributed by atoms with Crippen molar-refractivity contribution in [2.24, 2.45) is 0 Å². The summed E-state index contributed by atoms with van der Waals surface area (Å²) in [7, 11) is 0. The first-order valence-corrected chi connectivity index (χ1v) is 19.3. The standard InChI is InChI=1S/C55H34/c1-3-18-43(19-4-1)55(44-20-5-2-6-21-44)50-34-38(42-31-40-27-25-36-16-11-17-37-26-28-41(32-42)52(40)51(36)37)29-30-48(50)53-49(33-39-14-8-10-23-46(39)54(53)55)47-24-12-15-35-13-7-9-22-45(35)47/h1-34H. The van der Waals surface area contributed by atoms with E-state index in [1.807, 2.05) is 0 Å². The molecule has 0 saturated heterocycles. The second-order valence-corrected chi connectivity index (χ2v) is 15.2. The molecule has 0 unspecified atom stereocenters. The van der Waals surface area contributed by atoms with Crippen LogP contribution in [0.4, 0.5) is 0 Å². The summed E-state index contributed by atoms with van der Waals surface area (Å²) in [5.74, 6) is 0. The highest BCUT2D eigenvalue weighted by atomic mass is 14.5. The SMILES string of the molecule is c1ccc(C2(c3ccccc3)c3cc(-c4cc5ccc6cccc7ccc(c4)c5c67)ccc3-c3c(-c4cccc5ccccc45)cc4ccccc4c32)cc1. The number of hydrogen-bond acceptors (Lipinski definition) is 0. The van der Waals surface area contributed by atoms with Gasteiger partial charge in [-0.25, -0.2) is 0 Å². The molecule has 11 aromatic carbocycles. The summed E-state index contributed by atoms with van der Waals surface area (Å²) in [4.78, 5) is 0. The lowest BCUT2D eigenvalue weighted by molar-refractivity contribution is 0.776. The van der Waals surface area contributed by atoms with Gasteiger partial charge in [-0.3, -0.25) is 0 Å². The minimum absolute atomic E-state index is 0.570. The van der Waals surface area contributed by atoms with Gasteiger partial charge in [0.25, 0.3) is 0 Å². The van der Waals surface area contributed by atoms with Crippen molar-refractivity contribution < 1.29 is 0 Å². The second kappa shape index (κ2) is 11.5. The van der Waals surface area contributed by atoms with E-state index in [1.54, 1.807) is 0 Å². The molecule has 0 atom stereocenters. The van der Waals surface area contributed by atoms with Crippen LogP contribution in [0.25, 0.3) is 87.2 Å². The van der Waals surface area contributed by atoms with Crippen molar-refractivity contribution >= 4 is 53.9 Å². The first-order chi connectivity index (χ1) is 27.3. The Morgan fingerprint density at radius 2 is 0.836 bits per heavy atom. The molecule has 0 spiro atoms. The Morgan fingerprint density at radius 3 is 1.55 bits per heavy atom. The lowest BCUT2D eigenvalue weighted by Crippen LogP contribution is -2.29. The summed E-state index contributed by atoms with van der Waals surface area (Å²) < 4.78 is 0. The van der Waals surface area contributed by atoms with Crippen LogP contribution in [-0.4, -0.2) is 0 Å². The molecule has 11 aromatic rings. The van der Waals surface area contributed by atoms with E-state index in [1.165, 1.54) is 109 Å². The molecule has 12 rings (SSSR count). The molecule has 55 heavy (non-hydrogen) atoms. The third kappa shape index (κ3) is 4.23. The molecule has 0 heterocycles. The maximum absolute atomic E-state index is 2.52. The maximum atomic E-state index is 2.52. The van der Waals surface area contributed by atoms with Crippen molar-refractivity contribution in [3.8, 4) is 33.4 Å². The number of benzene rings is 11. The molecule has 1 aliphatic rings. The average molecular weight is 695 g/mol. The zero-order chi connectivity index (χ0) is 36.1. The van der Waals surface area contributed by atoms with Crippen molar-refractivity contribution in [2.45, 2.75) is 5.41 Å². The molecule has 0 radical (unpaired) electrons. The van der Waals surface area contributed by atoms with Crippen molar-refractivity contribution in [2.75, 3.05) is 0 Å². The molecule has 0 nitrogen and oxygen atoms in total. The first kappa shape index (κ1) is 30.4. The molecule has 0 heteroatoms. The van der Waals surface area contributed by atoms with E-state index in [0.717, 1.165) is 0 Å². The van der Waals surface area contributed by atoms with Crippen molar-refractivity contribution in [1.82, 2.24) is 0 Å². The van der Waals surface area contributed by atoms with Crippen LogP contribution in [0.3, 0.4) is 0 Å². The summed E-state index contributed by atoms with van der Waals surface area (Å²) in [5.41, 5.74) is 12.3. The maximum Gasteiger partial charge on any atom is 0.0720 e. The molecule has 0 saturated carbocycles. The van der Waals surface area contributed by atoms with E-state index in [0.29, 0.717) is 0 Å². The van der Waals surface area contributed by atoms with Crippen LogP contribution >= 0.6 is 0 Å². The predicted molar refractivity (Wildman–Crippen MR) is 233 cm³/mol. The molecule has 0 aliphatic heterocycles. The molecule has 0 amide bonds. The Morgan fingerprint density at radius 1 is 0.291 bits per heavy atom. The van der Waals surface area contributed by atoms with Gasteiger partial charge >= 0.3 is 0 Å². The van der Waals surface area contributed by atoms with Crippen LogP contribution in [0.1, 0.15) is 22.3 Å². The van der Waals surface area contributed by atoms with Crippen molar-refractivity contribution in [1.29, 1.82) is 0 Å². The summed E-state index contributed by atoms with van der Waals surface area (Å²) in [6.07, 6.45) is 0. The quantitative estimate of drug-likeness (QED) is 0.161. The van der Waals surface area contributed by atoms with E-state index in [-0.39, 0.29) is 0 Å². The van der Waals surface area contributed by atoms with Gasteiger partial charge in [-0.1, -0.05) is 182 Å². The van der Waals surface area contributed by atoms with Crippen molar-refractivity contribution in [3.63, 3.8) is 0 Å². The predicted octanol–water partition coefficient (Wildman–Crippen LogP) is 14.6. The van der Waals surface area contributed by atoms with E-state index in [9.17, 15) is 0 Å². The fraction of sp³-hybridized carbons (Fsp3) is 0.0182. The van der Waals surface area contributed by atoms with Gasteiger partial charge in [-0.2, -0.15) is 0 Å². The number of rotatable bonds is 4. The van der Waals surface area contributed by atoms with Crippen LogP contribution in [0.15, 0.2) is 206 Å². The van der Waals surface area contributed by atoms with E-state index in [2.05, 4.69) is 206 Å². The molecule has 0 N–H and O–H groups in total. The van der Waals surface area contributed by atoms with Gasteiger partial charge < -0.3 is 0 Å². The highest BCUT2D eigenvalue weighted by molar-refractivity contribution is 6.24. The van der Waals surface area contributed by atoms with Gasteiger partial charge in [-0.05, 0) is 134 Å². The highest BCUT2D eigenvalue weighted by Gasteiger charge is 2.48. The first-order valence-electron chi connectivity index (χ1n) is 19.3. The van der Waals surface area contributed by atoms with Gasteiger partial charge in [0.1, 0.15) is 0 Å². The zero-order valence-corrected chi connectivity index (χ0v) is 30.1.